The molecule has 0 aliphatic rings. The summed E-state index contributed by atoms with van der Waals surface area (Å²) in [7, 11) is 0. The molecule has 0 saturated heterocycles. The second kappa shape index (κ2) is 4.73. The number of hydrogen-bond donors (Lipinski definition) is 0. The van der Waals surface area contributed by atoms with Crippen LogP contribution in [0.2, 0.25) is 5.02 Å². The molecule has 0 unspecified atom stereocenters. The summed E-state index contributed by atoms with van der Waals surface area (Å²) in [6.07, 6.45) is 0. The highest BCUT2D eigenvalue weighted by Crippen LogP contribution is 2.29. The first kappa shape index (κ1) is 9.87. The SMILES string of the molecule is CCOc1c(Cl)cccc1CBr. The summed E-state index contributed by atoms with van der Waals surface area (Å²) in [4.78, 5) is 0. The van der Waals surface area contributed by atoms with Gasteiger partial charge in [0.2, 0.25) is 0 Å². The van der Waals surface area contributed by atoms with E-state index in [1.807, 2.05) is 25.1 Å². The number of ether oxygens (including phenoxy) is 1. The molecule has 1 nitrogen and oxygen atoms in total. The van der Waals surface area contributed by atoms with Gasteiger partial charge in [-0.1, -0.05) is 39.7 Å². The van der Waals surface area contributed by atoms with Gasteiger partial charge in [0, 0.05) is 10.9 Å². The fourth-order valence-corrected chi connectivity index (χ4v) is 1.65. The molecule has 1 aromatic rings. The van der Waals surface area contributed by atoms with Gasteiger partial charge in [-0.15, -0.1) is 0 Å². The maximum absolute atomic E-state index is 5.94. The van der Waals surface area contributed by atoms with Crippen molar-refractivity contribution in [3.05, 3.63) is 28.8 Å². The highest BCUT2D eigenvalue weighted by molar-refractivity contribution is 9.08. The molecule has 0 saturated carbocycles. The van der Waals surface area contributed by atoms with Crippen LogP contribution in [0.25, 0.3) is 0 Å². The average Bonchev–Trinajstić information content (AvgIpc) is 2.09. The van der Waals surface area contributed by atoms with Crippen molar-refractivity contribution in [2.75, 3.05) is 6.61 Å². The predicted octanol–water partition coefficient (Wildman–Crippen LogP) is 3.63. The predicted molar refractivity (Wildman–Crippen MR) is 55.3 cm³/mol. The standard InChI is InChI=1S/C9H10BrClO/c1-2-12-9-7(6-10)4-3-5-8(9)11/h3-5H,2,6H2,1H3. The molecule has 0 bridgehead atoms. The van der Waals surface area contributed by atoms with Crippen LogP contribution in [0.15, 0.2) is 18.2 Å². The Morgan fingerprint density at radius 2 is 2.25 bits per heavy atom. The van der Waals surface area contributed by atoms with Gasteiger partial charge in [-0.25, -0.2) is 0 Å². The van der Waals surface area contributed by atoms with Crippen molar-refractivity contribution in [1.82, 2.24) is 0 Å². The van der Waals surface area contributed by atoms with Crippen LogP contribution in [0, 0.1) is 0 Å². The lowest BCUT2D eigenvalue weighted by atomic mass is 10.2. The Hall–Kier alpha value is -0.210. The van der Waals surface area contributed by atoms with Gasteiger partial charge in [-0.3, -0.25) is 0 Å². The zero-order chi connectivity index (χ0) is 8.97. The summed E-state index contributed by atoms with van der Waals surface area (Å²) in [5, 5.41) is 1.44. The highest BCUT2D eigenvalue weighted by atomic mass is 79.9. The van der Waals surface area contributed by atoms with Crippen LogP contribution in [0.3, 0.4) is 0 Å². The molecule has 66 valence electrons. The zero-order valence-electron chi connectivity index (χ0n) is 6.81. The maximum atomic E-state index is 5.94. The van der Waals surface area contributed by atoms with Crippen LogP contribution in [0.5, 0.6) is 5.75 Å². The van der Waals surface area contributed by atoms with E-state index in [1.54, 1.807) is 0 Å². The maximum Gasteiger partial charge on any atom is 0.141 e. The summed E-state index contributed by atoms with van der Waals surface area (Å²) in [6.45, 7) is 2.59. The lowest BCUT2D eigenvalue weighted by molar-refractivity contribution is 0.338. The number of alkyl halides is 1. The summed E-state index contributed by atoms with van der Waals surface area (Å²) in [5.41, 5.74) is 1.09. The molecule has 12 heavy (non-hydrogen) atoms. The molecule has 0 heterocycles. The smallest absolute Gasteiger partial charge is 0.141 e. The van der Waals surface area contributed by atoms with E-state index in [0.29, 0.717) is 11.6 Å². The Labute approximate surface area is 85.8 Å². The van der Waals surface area contributed by atoms with Gasteiger partial charge in [0.15, 0.2) is 0 Å². The first-order chi connectivity index (χ1) is 5.79. The molecule has 0 aliphatic heterocycles. The number of hydrogen-bond acceptors (Lipinski definition) is 1. The van der Waals surface area contributed by atoms with Gasteiger partial charge in [0.05, 0.1) is 11.6 Å². The van der Waals surface area contributed by atoms with E-state index < -0.39 is 0 Å². The quantitative estimate of drug-likeness (QED) is 0.743. The largest absolute Gasteiger partial charge is 0.492 e. The second-order valence-corrected chi connectivity index (χ2v) is 3.26. The number of halogens is 2. The molecule has 3 heteroatoms. The summed E-state index contributed by atoms with van der Waals surface area (Å²) in [5.74, 6) is 0.790. The van der Waals surface area contributed by atoms with Crippen LogP contribution in [0.4, 0.5) is 0 Å². The fraction of sp³-hybridized carbons (Fsp3) is 0.333. The third-order valence-corrected chi connectivity index (χ3v) is 2.38. The van der Waals surface area contributed by atoms with Crippen molar-refractivity contribution in [3.63, 3.8) is 0 Å². The van der Waals surface area contributed by atoms with E-state index >= 15 is 0 Å². The zero-order valence-corrected chi connectivity index (χ0v) is 9.15. The van der Waals surface area contributed by atoms with E-state index in [-0.39, 0.29) is 0 Å². The first-order valence-corrected chi connectivity index (χ1v) is 5.25. The molecular formula is C9H10BrClO. The minimum Gasteiger partial charge on any atom is -0.492 e. The third kappa shape index (κ3) is 2.14. The Kier molecular flexibility index (Phi) is 3.89. The van der Waals surface area contributed by atoms with Crippen molar-refractivity contribution in [2.24, 2.45) is 0 Å². The van der Waals surface area contributed by atoms with E-state index in [9.17, 15) is 0 Å². The van der Waals surface area contributed by atoms with E-state index in [4.69, 9.17) is 16.3 Å². The molecule has 0 fully saturated rings. The van der Waals surface area contributed by atoms with Crippen molar-refractivity contribution in [1.29, 1.82) is 0 Å². The van der Waals surface area contributed by atoms with Gasteiger partial charge in [-0.2, -0.15) is 0 Å². The molecule has 0 aliphatic carbocycles. The fourth-order valence-electron chi connectivity index (χ4n) is 0.965. The topological polar surface area (TPSA) is 9.23 Å². The van der Waals surface area contributed by atoms with Crippen molar-refractivity contribution >= 4 is 27.5 Å². The normalized spacial score (nSPS) is 9.92. The summed E-state index contributed by atoms with van der Waals surface area (Å²) < 4.78 is 5.40. The Bertz CT molecular complexity index is 263. The van der Waals surface area contributed by atoms with E-state index in [0.717, 1.165) is 16.6 Å². The van der Waals surface area contributed by atoms with Crippen LogP contribution in [-0.4, -0.2) is 6.61 Å². The summed E-state index contributed by atoms with van der Waals surface area (Å²) in [6, 6.07) is 5.74. The number of rotatable bonds is 3. The first-order valence-electron chi connectivity index (χ1n) is 3.75. The van der Waals surface area contributed by atoms with E-state index in [1.165, 1.54) is 0 Å². The Morgan fingerprint density at radius 3 is 2.83 bits per heavy atom. The van der Waals surface area contributed by atoms with E-state index in [2.05, 4.69) is 15.9 Å². The van der Waals surface area contributed by atoms with Crippen LogP contribution >= 0.6 is 27.5 Å². The van der Waals surface area contributed by atoms with Crippen LogP contribution < -0.4 is 4.74 Å². The Morgan fingerprint density at radius 1 is 1.50 bits per heavy atom. The lowest BCUT2D eigenvalue weighted by Crippen LogP contribution is -1.95. The van der Waals surface area contributed by atoms with Crippen molar-refractivity contribution in [2.45, 2.75) is 12.3 Å². The Balaban J connectivity index is 3.02. The average molecular weight is 250 g/mol. The molecule has 0 radical (unpaired) electrons. The molecular weight excluding hydrogens is 239 g/mol. The van der Waals surface area contributed by atoms with Gasteiger partial charge in [-0.05, 0) is 13.0 Å². The molecule has 0 N–H and O–H groups in total. The molecule has 1 rings (SSSR count). The van der Waals surface area contributed by atoms with Crippen LogP contribution in [-0.2, 0) is 5.33 Å². The van der Waals surface area contributed by atoms with Crippen molar-refractivity contribution in [3.8, 4) is 5.75 Å². The van der Waals surface area contributed by atoms with Crippen molar-refractivity contribution < 1.29 is 4.74 Å². The monoisotopic (exact) mass is 248 g/mol. The molecule has 1 aromatic carbocycles. The number of benzene rings is 1. The van der Waals surface area contributed by atoms with Gasteiger partial charge in [0.25, 0.3) is 0 Å². The number of para-hydroxylation sites is 1. The minimum absolute atomic E-state index is 0.643. The second-order valence-electron chi connectivity index (χ2n) is 2.29. The molecule has 0 atom stereocenters. The third-order valence-electron chi connectivity index (χ3n) is 1.48. The molecule has 0 spiro atoms. The summed E-state index contributed by atoms with van der Waals surface area (Å²) >= 11 is 9.31. The van der Waals surface area contributed by atoms with Gasteiger partial charge in [0.1, 0.15) is 5.75 Å². The van der Waals surface area contributed by atoms with Gasteiger partial charge >= 0.3 is 0 Å². The minimum atomic E-state index is 0.643. The highest BCUT2D eigenvalue weighted by Gasteiger charge is 2.05. The van der Waals surface area contributed by atoms with Gasteiger partial charge < -0.3 is 4.74 Å². The lowest BCUT2D eigenvalue weighted by Gasteiger charge is -2.09. The molecule has 0 aromatic heterocycles. The van der Waals surface area contributed by atoms with Crippen LogP contribution in [0.1, 0.15) is 12.5 Å². The molecule has 0 amide bonds.